The summed E-state index contributed by atoms with van der Waals surface area (Å²) in [7, 11) is -1.11. The number of fused-ring (bicyclic) bond motifs is 1. The molecule has 0 saturated heterocycles. The van der Waals surface area contributed by atoms with Gasteiger partial charge in [0.1, 0.15) is 5.82 Å². The molecule has 3 amide bonds. The molecule has 1 fully saturated rings. The highest BCUT2D eigenvalue weighted by Gasteiger charge is 2.51. The Morgan fingerprint density at radius 3 is 2.47 bits per heavy atom. The van der Waals surface area contributed by atoms with E-state index in [4.69, 9.17) is 11.6 Å². The molecule has 10 heteroatoms. The number of hydrogen-bond donors (Lipinski definition) is 3. The molecule has 174 valence electrons. The van der Waals surface area contributed by atoms with Crippen LogP contribution in [0, 0.1) is 5.82 Å². The van der Waals surface area contributed by atoms with Crippen LogP contribution in [0.2, 0.25) is 5.02 Å². The number of aromatic nitrogens is 2. The summed E-state index contributed by atoms with van der Waals surface area (Å²) >= 11 is 6.07. The van der Waals surface area contributed by atoms with Crippen molar-refractivity contribution in [2.24, 2.45) is 0 Å². The maximum Gasteiger partial charge on any atom is 0.323 e. The van der Waals surface area contributed by atoms with Crippen molar-refractivity contribution >= 4 is 45.1 Å². The first-order chi connectivity index (χ1) is 14.9. The maximum atomic E-state index is 14.2. The Morgan fingerprint density at radius 1 is 1.22 bits per heavy atom. The Bertz CT molecular complexity index is 1070. The lowest BCUT2D eigenvalue weighted by Crippen LogP contribution is -2.51. The van der Waals surface area contributed by atoms with Crippen LogP contribution < -0.4 is 10.6 Å². The van der Waals surface area contributed by atoms with Gasteiger partial charge >= 0.3 is 6.03 Å². The lowest BCUT2D eigenvalue weighted by atomic mass is 9.83. The summed E-state index contributed by atoms with van der Waals surface area (Å²) in [4.78, 5) is 27.9. The van der Waals surface area contributed by atoms with Gasteiger partial charge in [-0.1, -0.05) is 17.7 Å². The highest BCUT2D eigenvalue weighted by molar-refractivity contribution is 8.33. The summed E-state index contributed by atoms with van der Waals surface area (Å²) in [5, 5.41) is 13.1. The third kappa shape index (κ3) is 3.46. The Hall–Kier alpha value is -2.26. The molecule has 1 aromatic carbocycles. The van der Waals surface area contributed by atoms with Gasteiger partial charge in [-0.3, -0.25) is 9.89 Å². The number of urea groups is 1. The predicted molar refractivity (Wildman–Crippen MR) is 128 cm³/mol. The lowest BCUT2D eigenvalue weighted by Gasteiger charge is -2.53. The van der Waals surface area contributed by atoms with Crippen molar-refractivity contribution in [3.8, 4) is 0 Å². The fraction of sp³-hybridized carbons (Fsp3) is 0.500. The smallest absolute Gasteiger partial charge is 0.309 e. The fourth-order valence-electron chi connectivity index (χ4n) is 4.57. The van der Waals surface area contributed by atoms with E-state index in [9.17, 15) is 14.0 Å². The molecule has 2 aliphatic rings. The minimum absolute atomic E-state index is 0.000559. The van der Waals surface area contributed by atoms with Crippen LogP contribution in [0.3, 0.4) is 0 Å². The van der Waals surface area contributed by atoms with Crippen molar-refractivity contribution < 1.29 is 14.0 Å². The van der Waals surface area contributed by atoms with E-state index in [2.05, 4.69) is 39.6 Å². The van der Waals surface area contributed by atoms with E-state index < -0.39 is 27.4 Å². The Kier molecular flexibility index (Phi) is 5.48. The van der Waals surface area contributed by atoms with Gasteiger partial charge in [0, 0.05) is 5.56 Å². The number of amides is 3. The zero-order valence-electron chi connectivity index (χ0n) is 18.9. The number of benzene rings is 1. The summed E-state index contributed by atoms with van der Waals surface area (Å²) in [6.45, 7) is 3.97. The molecule has 0 radical (unpaired) electrons. The average Bonchev–Trinajstić information content (AvgIpc) is 3.14. The third-order valence-electron chi connectivity index (χ3n) is 6.89. The standard InChI is InChI=1S/C22H29ClFN5O2S/c1-21(2)17-13(12-29(21)20(31)25-16-14(23)8-6-9-15(16)24)18(28-27-17)26-19(30)22(10-7-11-22)32(3,4)5/h6,8-9H,7,10-12H2,1-5H3,(H,25,31)(H2,26,27,28,30). The van der Waals surface area contributed by atoms with Crippen LogP contribution in [0.25, 0.3) is 0 Å². The predicted octanol–water partition coefficient (Wildman–Crippen LogP) is 5.04. The van der Waals surface area contributed by atoms with Gasteiger partial charge in [-0.25, -0.2) is 19.2 Å². The van der Waals surface area contributed by atoms with E-state index in [0.717, 1.165) is 30.5 Å². The minimum atomic E-state index is -1.11. The zero-order chi connectivity index (χ0) is 23.5. The third-order valence-corrected chi connectivity index (χ3v) is 10.1. The van der Waals surface area contributed by atoms with Crippen molar-refractivity contribution in [3.63, 3.8) is 0 Å². The van der Waals surface area contributed by atoms with Gasteiger partial charge in [-0.2, -0.15) is 5.10 Å². The number of nitrogens with one attached hydrogen (secondary N) is 3. The molecule has 0 unspecified atom stereocenters. The number of anilines is 2. The van der Waals surface area contributed by atoms with Gasteiger partial charge in [-0.15, -0.1) is 0 Å². The number of halogens is 2. The number of nitrogens with zero attached hydrogens (tertiary/aromatic N) is 2. The largest absolute Gasteiger partial charge is 0.323 e. The second kappa shape index (κ2) is 7.66. The highest BCUT2D eigenvalue weighted by Crippen LogP contribution is 2.60. The summed E-state index contributed by atoms with van der Waals surface area (Å²) in [5.74, 6) is -0.155. The highest BCUT2D eigenvalue weighted by atomic mass is 35.5. The van der Waals surface area contributed by atoms with Crippen molar-refractivity contribution in [1.82, 2.24) is 15.1 Å². The Balaban J connectivity index is 1.56. The summed E-state index contributed by atoms with van der Waals surface area (Å²) in [6, 6.07) is 3.75. The van der Waals surface area contributed by atoms with E-state index in [1.165, 1.54) is 18.2 Å². The number of para-hydroxylation sites is 1. The Labute approximate surface area is 193 Å². The number of aromatic amines is 1. The van der Waals surface area contributed by atoms with Gasteiger partial charge in [0.15, 0.2) is 5.82 Å². The van der Waals surface area contributed by atoms with Gasteiger partial charge in [0.25, 0.3) is 0 Å². The fourth-order valence-corrected chi connectivity index (χ4v) is 6.90. The Morgan fingerprint density at radius 2 is 1.91 bits per heavy atom. The van der Waals surface area contributed by atoms with Gasteiger partial charge in [0.2, 0.25) is 5.91 Å². The quantitative estimate of drug-likeness (QED) is 0.571. The molecule has 32 heavy (non-hydrogen) atoms. The SMILES string of the molecule is CC1(C)c2[nH]nc(NC(=O)C3(S(C)(C)C)CCC3)c2CN1C(=O)Nc1c(F)cccc1Cl. The molecule has 0 bridgehead atoms. The topological polar surface area (TPSA) is 90.1 Å². The molecule has 0 spiro atoms. The molecule has 4 rings (SSSR count). The van der Waals surface area contributed by atoms with Crippen molar-refractivity contribution in [2.75, 3.05) is 29.4 Å². The first-order valence-corrected chi connectivity index (χ1v) is 13.7. The number of carbonyl (C=O) groups is 2. The summed E-state index contributed by atoms with van der Waals surface area (Å²) < 4.78 is 13.8. The van der Waals surface area contributed by atoms with E-state index in [1.54, 1.807) is 4.90 Å². The number of H-pyrrole nitrogens is 1. The molecule has 7 nitrogen and oxygen atoms in total. The van der Waals surface area contributed by atoms with Crippen molar-refractivity contribution in [3.05, 3.63) is 40.3 Å². The van der Waals surface area contributed by atoms with Crippen LogP contribution in [0.4, 0.5) is 20.7 Å². The minimum Gasteiger partial charge on any atom is -0.309 e. The lowest BCUT2D eigenvalue weighted by molar-refractivity contribution is -0.120. The van der Waals surface area contributed by atoms with Gasteiger partial charge in [0.05, 0.1) is 33.2 Å². The zero-order valence-corrected chi connectivity index (χ0v) is 20.5. The van der Waals surface area contributed by atoms with Crippen molar-refractivity contribution in [2.45, 2.75) is 49.9 Å². The van der Waals surface area contributed by atoms with E-state index >= 15 is 0 Å². The van der Waals surface area contributed by atoms with E-state index in [1.807, 2.05) is 13.8 Å². The molecule has 2 aromatic rings. The monoisotopic (exact) mass is 481 g/mol. The molecule has 1 aliphatic heterocycles. The van der Waals surface area contributed by atoms with Crippen LogP contribution in [0.1, 0.15) is 44.4 Å². The van der Waals surface area contributed by atoms with Crippen LogP contribution in [-0.4, -0.2) is 50.5 Å². The average molecular weight is 482 g/mol. The second-order valence-corrected chi connectivity index (χ2v) is 14.6. The molecule has 1 saturated carbocycles. The van der Waals surface area contributed by atoms with Crippen LogP contribution >= 0.6 is 21.6 Å². The summed E-state index contributed by atoms with van der Waals surface area (Å²) in [5.41, 5.74) is 0.707. The number of carbonyl (C=O) groups excluding carboxylic acids is 2. The van der Waals surface area contributed by atoms with Crippen LogP contribution in [0.15, 0.2) is 18.2 Å². The van der Waals surface area contributed by atoms with Crippen molar-refractivity contribution in [1.29, 1.82) is 0 Å². The molecule has 1 aromatic heterocycles. The second-order valence-electron chi connectivity index (χ2n) is 9.74. The molecular formula is C22H29ClFN5O2S. The first kappa shape index (κ1) is 22.9. The van der Waals surface area contributed by atoms with Crippen LogP contribution in [-0.2, 0) is 16.9 Å². The molecule has 2 heterocycles. The number of hydrogen-bond acceptors (Lipinski definition) is 3. The van der Waals surface area contributed by atoms with Gasteiger partial charge in [-0.05, 0) is 64.0 Å². The van der Waals surface area contributed by atoms with E-state index in [-0.39, 0.29) is 27.9 Å². The van der Waals surface area contributed by atoms with Crippen LogP contribution in [0.5, 0.6) is 0 Å². The first-order valence-electron chi connectivity index (χ1n) is 10.5. The molecule has 0 atom stereocenters. The normalized spacial score (nSPS) is 19.2. The molecule has 1 aliphatic carbocycles. The summed E-state index contributed by atoms with van der Waals surface area (Å²) in [6.07, 6.45) is 9.33. The van der Waals surface area contributed by atoms with E-state index in [0.29, 0.717) is 5.82 Å². The molecular weight excluding hydrogens is 453 g/mol. The molecule has 3 N–H and O–H groups in total. The number of rotatable bonds is 4. The maximum absolute atomic E-state index is 14.2. The van der Waals surface area contributed by atoms with Gasteiger partial charge < -0.3 is 15.5 Å².